The van der Waals surface area contributed by atoms with Gasteiger partial charge in [-0.05, 0) is 39.7 Å². The maximum absolute atomic E-state index is 11.9. The van der Waals surface area contributed by atoms with Gasteiger partial charge in [0.1, 0.15) is 11.7 Å². The Kier molecular flexibility index (Phi) is 7.16. The van der Waals surface area contributed by atoms with Crippen LogP contribution >= 0.6 is 0 Å². The highest BCUT2D eigenvalue weighted by Crippen LogP contribution is 2.24. The van der Waals surface area contributed by atoms with E-state index < -0.39 is 27.9 Å². The molecule has 1 atom stereocenters. The molecular weight excluding hydrogens is 332 g/mol. The number of aromatic nitrogens is 1. The number of ether oxygens (including phenoxy) is 1. The molecule has 0 aliphatic carbocycles. The van der Waals surface area contributed by atoms with Crippen molar-refractivity contribution < 1.29 is 22.1 Å². The third-order valence-electron chi connectivity index (χ3n) is 3.01. The zero-order chi connectivity index (χ0) is 18.4. The van der Waals surface area contributed by atoms with Gasteiger partial charge in [0.2, 0.25) is 0 Å². The molecule has 0 saturated heterocycles. The first-order valence-corrected chi connectivity index (χ1v) is 9.52. The Balaban J connectivity index is 2.61. The van der Waals surface area contributed by atoms with Crippen molar-refractivity contribution in [2.45, 2.75) is 45.3 Å². The summed E-state index contributed by atoms with van der Waals surface area (Å²) in [6.45, 7) is 5.84. The highest BCUT2D eigenvalue weighted by molar-refractivity contribution is 7.86. The number of pyridine rings is 1. The van der Waals surface area contributed by atoms with Crippen LogP contribution in [0.2, 0.25) is 0 Å². The largest absolute Gasteiger partial charge is 0.444 e. The van der Waals surface area contributed by atoms with Crippen molar-refractivity contribution >= 4 is 16.2 Å². The fraction of sp³-hybridized carbons (Fsp3) is 0.625. The van der Waals surface area contributed by atoms with Crippen LogP contribution in [0.4, 0.5) is 4.79 Å². The van der Waals surface area contributed by atoms with E-state index in [1.54, 1.807) is 52.3 Å². The molecule has 0 radical (unpaired) electrons. The van der Waals surface area contributed by atoms with Crippen LogP contribution in [0, 0.1) is 0 Å². The number of rotatable bonds is 7. The van der Waals surface area contributed by atoms with Gasteiger partial charge in [0.25, 0.3) is 10.1 Å². The summed E-state index contributed by atoms with van der Waals surface area (Å²) in [4.78, 5) is 17.4. The lowest BCUT2D eigenvalue weighted by Gasteiger charge is -2.25. The van der Waals surface area contributed by atoms with Gasteiger partial charge >= 0.3 is 6.09 Å². The molecule has 8 heteroatoms. The highest BCUT2D eigenvalue weighted by atomic mass is 32.2. The van der Waals surface area contributed by atoms with E-state index in [2.05, 4.69) is 4.98 Å². The van der Waals surface area contributed by atoms with Crippen LogP contribution < -0.4 is 0 Å². The van der Waals surface area contributed by atoms with Crippen molar-refractivity contribution in [1.29, 1.82) is 0 Å². The Morgan fingerprint density at radius 1 is 1.38 bits per heavy atom. The maximum atomic E-state index is 11.9. The van der Waals surface area contributed by atoms with Gasteiger partial charge in [-0.1, -0.05) is 6.07 Å². The first kappa shape index (κ1) is 20.4. The van der Waals surface area contributed by atoms with E-state index in [1.807, 2.05) is 0 Å². The lowest BCUT2D eigenvalue weighted by atomic mass is 10.1. The molecule has 0 saturated carbocycles. The van der Waals surface area contributed by atoms with E-state index in [9.17, 15) is 13.2 Å². The SMILES string of the molecule is CN(CCC[C@H](OS(C)(=O)=O)c1cccnc1)C(=O)OC(C)(C)C. The van der Waals surface area contributed by atoms with Crippen LogP contribution in [0.5, 0.6) is 0 Å². The predicted octanol–water partition coefficient (Wildman–Crippen LogP) is 2.75. The Bertz CT molecular complexity index is 626. The molecule has 7 nitrogen and oxygen atoms in total. The first-order valence-electron chi connectivity index (χ1n) is 7.70. The molecule has 136 valence electrons. The van der Waals surface area contributed by atoms with Gasteiger partial charge in [-0.25, -0.2) is 4.79 Å². The number of hydrogen-bond acceptors (Lipinski definition) is 6. The second-order valence-corrected chi connectivity index (χ2v) is 8.22. The minimum Gasteiger partial charge on any atom is -0.444 e. The topological polar surface area (TPSA) is 85.8 Å². The Hall–Kier alpha value is -1.67. The van der Waals surface area contributed by atoms with Crippen molar-refractivity contribution in [2.24, 2.45) is 0 Å². The third kappa shape index (κ3) is 8.26. The molecule has 1 aromatic heterocycles. The minimum absolute atomic E-state index is 0.413. The number of hydrogen-bond donors (Lipinski definition) is 0. The van der Waals surface area contributed by atoms with E-state index in [-0.39, 0.29) is 0 Å². The summed E-state index contributed by atoms with van der Waals surface area (Å²) in [5.41, 5.74) is 0.131. The zero-order valence-corrected chi connectivity index (χ0v) is 15.7. The fourth-order valence-electron chi connectivity index (χ4n) is 1.99. The molecule has 0 N–H and O–H groups in total. The third-order valence-corrected chi connectivity index (χ3v) is 3.59. The van der Waals surface area contributed by atoms with Gasteiger partial charge in [0.05, 0.1) is 6.26 Å². The van der Waals surface area contributed by atoms with Gasteiger partial charge in [-0.2, -0.15) is 8.42 Å². The average molecular weight is 358 g/mol. The number of carbonyl (C=O) groups is 1. The summed E-state index contributed by atoms with van der Waals surface area (Å²) in [5, 5.41) is 0. The van der Waals surface area contributed by atoms with Crippen molar-refractivity contribution in [3.63, 3.8) is 0 Å². The van der Waals surface area contributed by atoms with Crippen LogP contribution in [-0.4, -0.2) is 49.8 Å². The van der Waals surface area contributed by atoms with Gasteiger partial charge in [0, 0.05) is 31.5 Å². The molecular formula is C16H26N2O5S. The molecule has 0 aromatic carbocycles. The van der Waals surface area contributed by atoms with Crippen LogP contribution in [0.25, 0.3) is 0 Å². The molecule has 24 heavy (non-hydrogen) atoms. The lowest BCUT2D eigenvalue weighted by Crippen LogP contribution is -2.34. The maximum Gasteiger partial charge on any atom is 0.410 e. The van der Waals surface area contributed by atoms with Crippen LogP contribution in [-0.2, 0) is 19.0 Å². The summed E-state index contributed by atoms with van der Waals surface area (Å²) in [7, 11) is -1.95. The normalized spacial score (nSPS) is 13.4. The van der Waals surface area contributed by atoms with Crippen LogP contribution in [0.15, 0.2) is 24.5 Å². The molecule has 1 aromatic rings. The smallest absolute Gasteiger partial charge is 0.410 e. The van der Waals surface area contributed by atoms with E-state index in [4.69, 9.17) is 8.92 Å². The summed E-state index contributed by atoms with van der Waals surface area (Å²) in [5.74, 6) is 0. The second-order valence-electron chi connectivity index (χ2n) is 6.62. The Morgan fingerprint density at radius 3 is 2.54 bits per heavy atom. The summed E-state index contributed by atoms with van der Waals surface area (Å²) < 4.78 is 33.3. The van der Waals surface area contributed by atoms with E-state index in [1.165, 1.54) is 4.90 Å². The Morgan fingerprint density at radius 2 is 2.04 bits per heavy atom. The molecule has 0 aliphatic rings. The fourth-order valence-corrected chi connectivity index (χ4v) is 2.62. The molecule has 0 bridgehead atoms. The van der Waals surface area contributed by atoms with Gasteiger partial charge in [-0.15, -0.1) is 0 Å². The monoisotopic (exact) mass is 358 g/mol. The summed E-state index contributed by atoms with van der Waals surface area (Å²) in [6.07, 6.45) is 4.16. The van der Waals surface area contributed by atoms with Gasteiger partial charge < -0.3 is 9.64 Å². The zero-order valence-electron chi connectivity index (χ0n) is 14.9. The van der Waals surface area contributed by atoms with Crippen molar-refractivity contribution in [3.8, 4) is 0 Å². The molecule has 1 amide bonds. The minimum atomic E-state index is -3.60. The van der Waals surface area contributed by atoms with Crippen LogP contribution in [0.3, 0.4) is 0 Å². The number of amides is 1. The predicted molar refractivity (Wildman–Crippen MR) is 91.0 cm³/mol. The quantitative estimate of drug-likeness (QED) is 0.697. The Labute approximate surface area is 144 Å². The van der Waals surface area contributed by atoms with Crippen molar-refractivity contribution in [1.82, 2.24) is 9.88 Å². The molecule has 0 unspecified atom stereocenters. The van der Waals surface area contributed by atoms with E-state index >= 15 is 0 Å². The van der Waals surface area contributed by atoms with Crippen molar-refractivity contribution in [2.75, 3.05) is 19.8 Å². The van der Waals surface area contributed by atoms with Crippen molar-refractivity contribution in [3.05, 3.63) is 30.1 Å². The highest BCUT2D eigenvalue weighted by Gasteiger charge is 2.21. The lowest BCUT2D eigenvalue weighted by molar-refractivity contribution is 0.0291. The summed E-state index contributed by atoms with van der Waals surface area (Å²) in [6, 6.07) is 3.49. The average Bonchev–Trinajstić information content (AvgIpc) is 2.44. The van der Waals surface area contributed by atoms with E-state index in [0.29, 0.717) is 24.9 Å². The first-order chi connectivity index (χ1) is 11.0. The molecule has 0 fully saturated rings. The molecule has 1 rings (SSSR count). The van der Waals surface area contributed by atoms with E-state index in [0.717, 1.165) is 6.26 Å². The second kappa shape index (κ2) is 8.43. The number of carbonyl (C=O) groups excluding carboxylic acids is 1. The summed E-state index contributed by atoms with van der Waals surface area (Å²) >= 11 is 0. The molecule has 1 heterocycles. The van der Waals surface area contributed by atoms with Crippen LogP contribution in [0.1, 0.15) is 45.3 Å². The molecule has 0 spiro atoms. The molecule has 0 aliphatic heterocycles. The van der Waals surface area contributed by atoms with Gasteiger partial charge in [0.15, 0.2) is 0 Å². The van der Waals surface area contributed by atoms with Gasteiger partial charge in [-0.3, -0.25) is 9.17 Å². The number of nitrogens with zero attached hydrogens (tertiary/aromatic N) is 2. The standard InChI is InChI=1S/C16H26N2O5S/c1-16(2,3)22-15(19)18(4)11-7-9-14(23-24(5,20)21)13-8-6-10-17-12-13/h6,8,10,12,14H,7,9,11H2,1-5H3/t14-/m0/s1.